The predicted octanol–water partition coefficient (Wildman–Crippen LogP) is 4.65. The first-order valence-corrected chi connectivity index (χ1v) is 10.4. The van der Waals surface area contributed by atoms with Gasteiger partial charge in [-0.2, -0.15) is 0 Å². The second kappa shape index (κ2) is 8.04. The Balaban J connectivity index is 1.58. The summed E-state index contributed by atoms with van der Waals surface area (Å²) in [5.74, 6) is -0.146. The van der Waals surface area contributed by atoms with E-state index in [0.29, 0.717) is 25.8 Å². The van der Waals surface area contributed by atoms with E-state index in [9.17, 15) is 14.3 Å². The number of benzene rings is 2. The minimum atomic E-state index is -0.715. The molecule has 1 saturated carbocycles. The monoisotopic (exact) mass is 381 g/mol. The number of piperidine rings is 1. The molecular weight excluding hydrogens is 353 g/mol. The van der Waals surface area contributed by atoms with Crippen LogP contribution in [0.3, 0.4) is 0 Å². The molecule has 2 aromatic rings. The summed E-state index contributed by atoms with van der Waals surface area (Å²) in [5, 5.41) is 11.3. The maximum atomic E-state index is 13.5. The zero-order valence-electron chi connectivity index (χ0n) is 16.2. The third-order valence-electron chi connectivity index (χ3n) is 6.57. The molecule has 1 amide bonds. The summed E-state index contributed by atoms with van der Waals surface area (Å²) in [4.78, 5) is 15.1. The Bertz CT molecular complexity index is 807. The second-order valence-corrected chi connectivity index (χ2v) is 8.27. The predicted molar refractivity (Wildman–Crippen MR) is 107 cm³/mol. The van der Waals surface area contributed by atoms with Crippen molar-refractivity contribution in [2.45, 2.75) is 56.6 Å². The molecule has 2 fully saturated rings. The third-order valence-corrected chi connectivity index (χ3v) is 6.57. The van der Waals surface area contributed by atoms with E-state index in [2.05, 4.69) is 0 Å². The topological polar surface area (TPSA) is 40.5 Å². The van der Waals surface area contributed by atoms with Crippen LogP contribution >= 0.6 is 0 Å². The van der Waals surface area contributed by atoms with Gasteiger partial charge in [0.1, 0.15) is 5.82 Å². The molecule has 0 radical (unpaired) electrons. The summed E-state index contributed by atoms with van der Waals surface area (Å²) in [6.07, 6.45) is 5.59. The SMILES string of the molecule is O=C(CCc1ccccc1)N1CC[C@]2(O)CCCC[C@H]2[C@@H]1c1ccc(F)cc1. The Morgan fingerprint density at radius 1 is 1.07 bits per heavy atom. The van der Waals surface area contributed by atoms with Crippen LogP contribution in [0.15, 0.2) is 54.6 Å². The van der Waals surface area contributed by atoms with E-state index in [1.54, 1.807) is 12.1 Å². The third kappa shape index (κ3) is 3.83. The molecule has 0 unspecified atom stereocenters. The Hall–Kier alpha value is -2.20. The van der Waals surface area contributed by atoms with Crippen molar-refractivity contribution in [2.75, 3.05) is 6.54 Å². The van der Waals surface area contributed by atoms with E-state index in [1.807, 2.05) is 35.2 Å². The lowest BCUT2D eigenvalue weighted by Gasteiger charge is -2.52. The Kier molecular flexibility index (Phi) is 5.49. The van der Waals surface area contributed by atoms with E-state index >= 15 is 0 Å². The summed E-state index contributed by atoms with van der Waals surface area (Å²) in [6.45, 7) is 0.558. The number of hydrogen-bond acceptors (Lipinski definition) is 2. The molecule has 28 heavy (non-hydrogen) atoms. The van der Waals surface area contributed by atoms with Crippen molar-refractivity contribution in [1.82, 2.24) is 4.90 Å². The molecule has 1 aliphatic heterocycles. The summed E-state index contributed by atoms with van der Waals surface area (Å²) in [5.41, 5.74) is 1.37. The number of halogens is 1. The minimum absolute atomic E-state index is 0.0149. The largest absolute Gasteiger partial charge is 0.389 e. The van der Waals surface area contributed by atoms with Gasteiger partial charge in [-0.05, 0) is 48.9 Å². The van der Waals surface area contributed by atoms with Gasteiger partial charge in [-0.25, -0.2) is 4.39 Å². The van der Waals surface area contributed by atoms with Crippen molar-refractivity contribution in [2.24, 2.45) is 5.92 Å². The summed E-state index contributed by atoms with van der Waals surface area (Å²) < 4.78 is 13.5. The lowest BCUT2D eigenvalue weighted by molar-refractivity contribution is -0.155. The smallest absolute Gasteiger partial charge is 0.223 e. The zero-order chi connectivity index (χ0) is 19.6. The fraction of sp³-hybridized carbons (Fsp3) is 0.458. The maximum absolute atomic E-state index is 13.5. The number of amides is 1. The lowest BCUT2D eigenvalue weighted by atomic mass is 9.66. The van der Waals surface area contributed by atoms with Gasteiger partial charge in [0, 0.05) is 18.9 Å². The number of likely N-dealkylation sites (tertiary alicyclic amines) is 1. The molecule has 2 aliphatic rings. The van der Waals surface area contributed by atoms with Gasteiger partial charge >= 0.3 is 0 Å². The van der Waals surface area contributed by atoms with Crippen LogP contribution < -0.4 is 0 Å². The van der Waals surface area contributed by atoms with Gasteiger partial charge in [-0.15, -0.1) is 0 Å². The van der Waals surface area contributed by atoms with Crippen molar-refractivity contribution in [3.8, 4) is 0 Å². The Morgan fingerprint density at radius 2 is 1.82 bits per heavy atom. The van der Waals surface area contributed by atoms with Crippen LogP contribution in [0.2, 0.25) is 0 Å². The summed E-state index contributed by atoms with van der Waals surface area (Å²) in [6, 6.07) is 16.3. The number of carbonyl (C=O) groups excluding carboxylic acids is 1. The van der Waals surface area contributed by atoms with Gasteiger partial charge in [0.2, 0.25) is 5.91 Å². The van der Waals surface area contributed by atoms with Gasteiger partial charge in [-0.3, -0.25) is 4.79 Å². The molecule has 3 atom stereocenters. The van der Waals surface area contributed by atoms with Gasteiger partial charge in [0.15, 0.2) is 0 Å². The number of rotatable bonds is 4. The van der Waals surface area contributed by atoms with Crippen molar-refractivity contribution in [1.29, 1.82) is 0 Å². The van der Waals surface area contributed by atoms with Gasteiger partial charge in [0.05, 0.1) is 11.6 Å². The van der Waals surface area contributed by atoms with E-state index < -0.39 is 5.60 Å². The molecule has 148 valence electrons. The van der Waals surface area contributed by atoms with Crippen LogP contribution in [0.25, 0.3) is 0 Å². The van der Waals surface area contributed by atoms with Crippen LogP contribution in [0, 0.1) is 11.7 Å². The van der Waals surface area contributed by atoms with Crippen molar-refractivity contribution in [3.05, 3.63) is 71.5 Å². The second-order valence-electron chi connectivity index (χ2n) is 8.27. The highest BCUT2D eigenvalue weighted by atomic mass is 19.1. The first kappa shape index (κ1) is 19.1. The first-order chi connectivity index (χ1) is 13.6. The average Bonchev–Trinajstić information content (AvgIpc) is 2.72. The molecule has 4 heteroatoms. The van der Waals surface area contributed by atoms with Crippen LogP contribution in [0.1, 0.15) is 55.7 Å². The van der Waals surface area contributed by atoms with Crippen molar-refractivity contribution >= 4 is 5.91 Å². The number of carbonyl (C=O) groups is 1. The van der Waals surface area contributed by atoms with E-state index in [0.717, 1.165) is 36.8 Å². The van der Waals surface area contributed by atoms with Gasteiger partial charge in [-0.1, -0.05) is 55.3 Å². The number of aryl methyl sites for hydroxylation is 1. The van der Waals surface area contributed by atoms with E-state index in [-0.39, 0.29) is 23.7 Å². The van der Waals surface area contributed by atoms with Crippen LogP contribution in [0.5, 0.6) is 0 Å². The minimum Gasteiger partial charge on any atom is -0.389 e. The highest BCUT2D eigenvalue weighted by molar-refractivity contribution is 5.77. The van der Waals surface area contributed by atoms with Gasteiger partial charge in [0.25, 0.3) is 0 Å². The average molecular weight is 381 g/mol. The molecule has 1 heterocycles. The molecule has 1 N–H and O–H groups in total. The molecule has 2 aromatic carbocycles. The molecule has 4 rings (SSSR count). The molecule has 0 aromatic heterocycles. The fourth-order valence-electron chi connectivity index (χ4n) is 5.07. The van der Waals surface area contributed by atoms with E-state index in [4.69, 9.17) is 0 Å². The Labute approximate surface area is 166 Å². The standard InChI is InChI=1S/C24H28FNO2/c25-20-12-10-19(11-13-20)23-21-8-4-5-15-24(21,28)16-17-26(23)22(27)14-9-18-6-2-1-3-7-18/h1-3,6-7,10-13,21,23,28H,4-5,8-9,14-17H2/t21-,23-,24+/m0/s1. The highest BCUT2D eigenvalue weighted by Gasteiger charge is 2.49. The molecule has 0 spiro atoms. The van der Waals surface area contributed by atoms with Crippen LogP contribution in [-0.4, -0.2) is 28.1 Å². The highest BCUT2D eigenvalue weighted by Crippen LogP contribution is 2.49. The fourth-order valence-corrected chi connectivity index (χ4v) is 5.07. The molecule has 3 nitrogen and oxygen atoms in total. The normalized spacial score (nSPS) is 27.3. The molecule has 1 saturated heterocycles. The number of nitrogens with zero attached hydrogens (tertiary/aromatic N) is 1. The lowest BCUT2D eigenvalue weighted by Crippen LogP contribution is -2.56. The zero-order valence-corrected chi connectivity index (χ0v) is 16.2. The van der Waals surface area contributed by atoms with Crippen molar-refractivity contribution in [3.63, 3.8) is 0 Å². The maximum Gasteiger partial charge on any atom is 0.223 e. The van der Waals surface area contributed by atoms with Crippen LogP contribution in [-0.2, 0) is 11.2 Å². The van der Waals surface area contributed by atoms with Crippen molar-refractivity contribution < 1.29 is 14.3 Å². The Morgan fingerprint density at radius 3 is 2.57 bits per heavy atom. The molecule has 0 bridgehead atoms. The van der Waals surface area contributed by atoms with Gasteiger partial charge < -0.3 is 10.0 Å². The molecular formula is C24H28FNO2. The first-order valence-electron chi connectivity index (χ1n) is 10.4. The number of hydrogen-bond donors (Lipinski definition) is 1. The quantitative estimate of drug-likeness (QED) is 0.837. The summed E-state index contributed by atoms with van der Waals surface area (Å²) >= 11 is 0. The number of fused-ring (bicyclic) bond motifs is 1. The summed E-state index contributed by atoms with van der Waals surface area (Å²) in [7, 11) is 0. The molecule has 1 aliphatic carbocycles. The van der Waals surface area contributed by atoms with E-state index in [1.165, 1.54) is 12.1 Å². The number of aliphatic hydroxyl groups is 1. The van der Waals surface area contributed by atoms with Crippen LogP contribution in [0.4, 0.5) is 4.39 Å².